The monoisotopic (exact) mass is 285 g/mol. The fourth-order valence-corrected chi connectivity index (χ4v) is 1.32. The molecule has 20 heavy (non-hydrogen) atoms. The topological polar surface area (TPSA) is 81.6 Å². The summed E-state index contributed by atoms with van der Waals surface area (Å²) in [6, 6.07) is 0.286. The Bertz CT molecular complexity index is 389. The third-order valence-electron chi connectivity index (χ3n) is 2.32. The van der Waals surface area contributed by atoms with Crippen LogP contribution in [0, 0.1) is 0 Å². The van der Waals surface area contributed by atoms with Gasteiger partial charge in [-0.05, 0) is 6.42 Å². The van der Waals surface area contributed by atoms with Crippen molar-refractivity contribution < 1.29 is 14.2 Å². The van der Waals surface area contributed by atoms with Crippen LogP contribution in [0.25, 0.3) is 0 Å². The Labute approximate surface area is 119 Å². The number of anilines is 2. The quantitative estimate of drug-likeness (QED) is 0.619. The van der Waals surface area contributed by atoms with Crippen LogP contribution >= 0.6 is 0 Å². The van der Waals surface area contributed by atoms with Gasteiger partial charge >= 0.3 is 6.01 Å². The smallest absolute Gasteiger partial charge is 0.323 e. The van der Waals surface area contributed by atoms with E-state index >= 15 is 0 Å². The van der Waals surface area contributed by atoms with E-state index in [4.69, 9.17) is 14.2 Å². The van der Waals surface area contributed by atoms with Crippen LogP contribution in [0.3, 0.4) is 0 Å². The molecule has 0 fully saturated rings. The molecule has 0 aromatic carbocycles. The molecule has 0 saturated carbocycles. The second-order valence-electron chi connectivity index (χ2n) is 4.19. The summed E-state index contributed by atoms with van der Waals surface area (Å²) in [6.45, 7) is 2.24. The van der Waals surface area contributed by atoms with Gasteiger partial charge in [0, 0.05) is 41.5 Å². The molecule has 1 N–H and O–H groups in total. The zero-order valence-corrected chi connectivity index (χ0v) is 12.5. The number of methoxy groups -OCH3 is 1. The SMILES string of the molecule is CNc1nc(OCCOCCCOC)nc(N(C)C)n1. The summed E-state index contributed by atoms with van der Waals surface area (Å²) >= 11 is 0. The van der Waals surface area contributed by atoms with Crippen molar-refractivity contribution in [2.75, 3.05) is 64.9 Å². The van der Waals surface area contributed by atoms with Crippen molar-refractivity contribution in [3.8, 4) is 6.01 Å². The van der Waals surface area contributed by atoms with Gasteiger partial charge in [0.25, 0.3) is 0 Å². The summed E-state index contributed by atoms with van der Waals surface area (Å²) in [7, 11) is 7.14. The van der Waals surface area contributed by atoms with Crippen molar-refractivity contribution in [1.82, 2.24) is 15.0 Å². The van der Waals surface area contributed by atoms with Gasteiger partial charge in [-0.2, -0.15) is 15.0 Å². The maximum atomic E-state index is 5.46. The van der Waals surface area contributed by atoms with E-state index in [1.807, 2.05) is 14.1 Å². The summed E-state index contributed by atoms with van der Waals surface area (Å²) in [4.78, 5) is 14.3. The van der Waals surface area contributed by atoms with Crippen LogP contribution in [-0.2, 0) is 9.47 Å². The second kappa shape index (κ2) is 9.27. The molecule has 0 amide bonds. The van der Waals surface area contributed by atoms with Gasteiger partial charge in [0.05, 0.1) is 6.61 Å². The standard InChI is InChI=1S/C12H23N5O3/c1-13-10-14-11(17(2)3)16-12(15-10)20-9-8-19-7-5-6-18-4/h5-9H2,1-4H3,(H,13,14,15,16). The molecule has 0 aliphatic heterocycles. The lowest BCUT2D eigenvalue weighted by atomic mass is 10.5. The Kier molecular flexibility index (Phi) is 7.59. The van der Waals surface area contributed by atoms with E-state index in [0.29, 0.717) is 38.3 Å². The molecule has 0 aliphatic rings. The predicted molar refractivity (Wildman–Crippen MR) is 76.5 cm³/mol. The Balaban J connectivity index is 2.37. The number of nitrogens with zero attached hydrogens (tertiary/aromatic N) is 4. The van der Waals surface area contributed by atoms with E-state index in [-0.39, 0.29) is 6.01 Å². The summed E-state index contributed by atoms with van der Waals surface area (Å²) in [5.41, 5.74) is 0. The molecule has 0 spiro atoms. The number of ether oxygens (including phenoxy) is 3. The van der Waals surface area contributed by atoms with Crippen LogP contribution in [0.15, 0.2) is 0 Å². The highest BCUT2D eigenvalue weighted by molar-refractivity contribution is 5.36. The molecule has 0 radical (unpaired) electrons. The van der Waals surface area contributed by atoms with Crippen molar-refractivity contribution in [2.24, 2.45) is 0 Å². The number of aromatic nitrogens is 3. The number of rotatable bonds is 10. The summed E-state index contributed by atoms with van der Waals surface area (Å²) in [5, 5.41) is 2.87. The average molecular weight is 285 g/mol. The minimum Gasteiger partial charge on any atom is -0.461 e. The average Bonchev–Trinajstić information content (AvgIpc) is 2.46. The minimum atomic E-state index is 0.286. The first-order valence-electron chi connectivity index (χ1n) is 6.48. The first-order valence-corrected chi connectivity index (χ1v) is 6.48. The minimum absolute atomic E-state index is 0.286. The number of hydrogen-bond acceptors (Lipinski definition) is 8. The number of hydrogen-bond donors (Lipinski definition) is 1. The molecular formula is C12H23N5O3. The lowest BCUT2D eigenvalue weighted by Gasteiger charge is -2.12. The molecular weight excluding hydrogens is 262 g/mol. The van der Waals surface area contributed by atoms with E-state index in [0.717, 1.165) is 6.42 Å². The van der Waals surface area contributed by atoms with E-state index in [9.17, 15) is 0 Å². The predicted octanol–water partition coefficient (Wildman–Crippen LogP) is 0.411. The highest BCUT2D eigenvalue weighted by Gasteiger charge is 2.07. The van der Waals surface area contributed by atoms with Crippen LogP contribution < -0.4 is 15.0 Å². The lowest BCUT2D eigenvalue weighted by molar-refractivity contribution is 0.0783. The maximum Gasteiger partial charge on any atom is 0.323 e. The molecule has 0 unspecified atom stereocenters. The van der Waals surface area contributed by atoms with Crippen LogP contribution in [0.1, 0.15) is 6.42 Å². The molecule has 114 valence electrons. The maximum absolute atomic E-state index is 5.46. The summed E-state index contributed by atoms with van der Waals surface area (Å²) in [6.07, 6.45) is 0.872. The molecule has 0 atom stereocenters. The van der Waals surface area contributed by atoms with Gasteiger partial charge in [0.15, 0.2) is 0 Å². The molecule has 1 aromatic rings. The van der Waals surface area contributed by atoms with Crippen molar-refractivity contribution in [1.29, 1.82) is 0 Å². The van der Waals surface area contributed by atoms with Crippen molar-refractivity contribution in [3.05, 3.63) is 0 Å². The largest absolute Gasteiger partial charge is 0.461 e. The van der Waals surface area contributed by atoms with E-state index in [1.165, 1.54) is 0 Å². The Hall–Kier alpha value is -1.67. The number of nitrogens with one attached hydrogen (secondary N) is 1. The van der Waals surface area contributed by atoms with Gasteiger partial charge in [-0.3, -0.25) is 0 Å². The zero-order valence-electron chi connectivity index (χ0n) is 12.5. The third-order valence-corrected chi connectivity index (χ3v) is 2.32. The molecule has 1 aromatic heterocycles. The van der Waals surface area contributed by atoms with Crippen LogP contribution in [0.5, 0.6) is 6.01 Å². The van der Waals surface area contributed by atoms with Crippen LogP contribution in [-0.4, -0.2) is 69.6 Å². The van der Waals surface area contributed by atoms with E-state index in [1.54, 1.807) is 19.1 Å². The molecule has 0 bridgehead atoms. The third kappa shape index (κ3) is 5.98. The molecule has 1 heterocycles. The lowest BCUT2D eigenvalue weighted by Crippen LogP contribution is -2.16. The van der Waals surface area contributed by atoms with E-state index < -0.39 is 0 Å². The summed E-state index contributed by atoms with van der Waals surface area (Å²) < 4.78 is 15.8. The molecule has 0 saturated heterocycles. The fourth-order valence-electron chi connectivity index (χ4n) is 1.32. The normalized spacial score (nSPS) is 10.4. The highest BCUT2D eigenvalue weighted by Crippen LogP contribution is 2.12. The van der Waals surface area contributed by atoms with Gasteiger partial charge < -0.3 is 24.4 Å². The van der Waals surface area contributed by atoms with Crippen molar-refractivity contribution >= 4 is 11.9 Å². The first-order chi connectivity index (χ1) is 9.67. The fraction of sp³-hybridized carbons (Fsp3) is 0.750. The van der Waals surface area contributed by atoms with Gasteiger partial charge in [0.2, 0.25) is 11.9 Å². The van der Waals surface area contributed by atoms with E-state index in [2.05, 4.69) is 20.3 Å². The molecule has 0 aliphatic carbocycles. The Morgan fingerprint density at radius 2 is 1.85 bits per heavy atom. The van der Waals surface area contributed by atoms with Crippen molar-refractivity contribution in [3.63, 3.8) is 0 Å². The van der Waals surface area contributed by atoms with Gasteiger partial charge in [-0.25, -0.2) is 0 Å². The van der Waals surface area contributed by atoms with Gasteiger partial charge in [-0.15, -0.1) is 0 Å². The molecule has 1 rings (SSSR count). The molecule has 8 nitrogen and oxygen atoms in total. The Morgan fingerprint density at radius 3 is 2.50 bits per heavy atom. The van der Waals surface area contributed by atoms with Crippen molar-refractivity contribution in [2.45, 2.75) is 6.42 Å². The zero-order chi connectivity index (χ0) is 14.8. The molecule has 8 heteroatoms. The Morgan fingerprint density at radius 1 is 1.05 bits per heavy atom. The first kappa shape index (κ1) is 16.4. The van der Waals surface area contributed by atoms with Crippen LogP contribution in [0.2, 0.25) is 0 Å². The summed E-state index contributed by atoms with van der Waals surface area (Å²) in [5.74, 6) is 1.01. The van der Waals surface area contributed by atoms with Gasteiger partial charge in [0.1, 0.15) is 6.61 Å². The van der Waals surface area contributed by atoms with Crippen LogP contribution in [0.4, 0.5) is 11.9 Å². The van der Waals surface area contributed by atoms with Gasteiger partial charge in [-0.1, -0.05) is 0 Å². The highest BCUT2D eigenvalue weighted by atomic mass is 16.5. The second-order valence-corrected chi connectivity index (χ2v) is 4.19.